The molecule has 0 fully saturated rings. The summed E-state index contributed by atoms with van der Waals surface area (Å²) in [6, 6.07) is 11.7. The molecule has 0 aliphatic rings. The van der Waals surface area contributed by atoms with Crippen LogP contribution in [0.3, 0.4) is 0 Å². The minimum Gasteiger partial charge on any atom is -0.381 e. The molecular formula is C14H12BrCl2N. The van der Waals surface area contributed by atoms with Crippen LogP contribution in [-0.4, -0.2) is 0 Å². The van der Waals surface area contributed by atoms with Crippen LogP contribution in [0, 0.1) is 6.92 Å². The Hall–Kier alpha value is -0.700. The topological polar surface area (TPSA) is 12.0 Å². The molecule has 4 heteroatoms. The summed E-state index contributed by atoms with van der Waals surface area (Å²) in [5.41, 5.74) is 3.27. The van der Waals surface area contributed by atoms with Gasteiger partial charge in [0, 0.05) is 21.7 Å². The standard InChI is InChI=1S/C14H12BrCl2N/c1-9-12(16)3-2-4-14(9)18-8-10-5-6-13(17)11(15)7-10/h2-7,18H,8H2,1H3. The second-order valence-electron chi connectivity index (χ2n) is 4.01. The average Bonchev–Trinajstić information content (AvgIpc) is 2.35. The molecule has 2 aromatic rings. The summed E-state index contributed by atoms with van der Waals surface area (Å²) in [7, 11) is 0. The normalized spacial score (nSPS) is 10.4. The van der Waals surface area contributed by atoms with Gasteiger partial charge in [0.1, 0.15) is 0 Å². The Morgan fingerprint density at radius 2 is 1.89 bits per heavy atom. The van der Waals surface area contributed by atoms with Crippen molar-refractivity contribution in [3.05, 3.63) is 62.0 Å². The lowest BCUT2D eigenvalue weighted by atomic mass is 10.2. The summed E-state index contributed by atoms with van der Waals surface area (Å²) in [6.07, 6.45) is 0. The van der Waals surface area contributed by atoms with Gasteiger partial charge in [0.25, 0.3) is 0 Å². The molecule has 0 atom stereocenters. The maximum atomic E-state index is 6.08. The first-order valence-corrected chi connectivity index (χ1v) is 7.06. The number of halogens is 3. The van der Waals surface area contributed by atoms with Crippen LogP contribution < -0.4 is 5.32 Å². The van der Waals surface area contributed by atoms with Crippen LogP contribution >= 0.6 is 39.1 Å². The van der Waals surface area contributed by atoms with Crippen molar-refractivity contribution in [3.8, 4) is 0 Å². The first-order valence-electron chi connectivity index (χ1n) is 5.51. The van der Waals surface area contributed by atoms with Crippen LogP contribution in [0.5, 0.6) is 0 Å². The number of hydrogen-bond acceptors (Lipinski definition) is 1. The van der Waals surface area contributed by atoms with Crippen molar-refractivity contribution in [2.75, 3.05) is 5.32 Å². The van der Waals surface area contributed by atoms with E-state index in [0.29, 0.717) is 0 Å². The predicted molar refractivity (Wildman–Crippen MR) is 82.7 cm³/mol. The Bertz CT molecular complexity index is 570. The van der Waals surface area contributed by atoms with E-state index in [0.717, 1.165) is 37.9 Å². The van der Waals surface area contributed by atoms with Gasteiger partial charge in [-0.05, 0) is 58.2 Å². The third-order valence-electron chi connectivity index (χ3n) is 2.73. The highest BCUT2D eigenvalue weighted by molar-refractivity contribution is 9.10. The molecule has 1 nitrogen and oxygen atoms in total. The quantitative estimate of drug-likeness (QED) is 0.755. The van der Waals surface area contributed by atoms with E-state index >= 15 is 0 Å². The van der Waals surface area contributed by atoms with Gasteiger partial charge < -0.3 is 5.32 Å². The van der Waals surface area contributed by atoms with Gasteiger partial charge in [-0.25, -0.2) is 0 Å². The van der Waals surface area contributed by atoms with Crippen molar-refractivity contribution in [1.82, 2.24) is 0 Å². The Morgan fingerprint density at radius 1 is 1.11 bits per heavy atom. The van der Waals surface area contributed by atoms with E-state index in [-0.39, 0.29) is 0 Å². The van der Waals surface area contributed by atoms with Crippen LogP contribution in [0.1, 0.15) is 11.1 Å². The number of hydrogen-bond donors (Lipinski definition) is 1. The van der Waals surface area contributed by atoms with Crippen molar-refractivity contribution >= 4 is 44.8 Å². The van der Waals surface area contributed by atoms with Crippen molar-refractivity contribution in [1.29, 1.82) is 0 Å². The van der Waals surface area contributed by atoms with Crippen molar-refractivity contribution < 1.29 is 0 Å². The summed E-state index contributed by atoms with van der Waals surface area (Å²) in [5.74, 6) is 0. The van der Waals surface area contributed by atoms with Gasteiger partial charge in [-0.3, -0.25) is 0 Å². The molecule has 0 heterocycles. The Balaban J connectivity index is 2.11. The van der Waals surface area contributed by atoms with Gasteiger partial charge >= 0.3 is 0 Å². The molecule has 0 aliphatic heterocycles. The second-order valence-corrected chi connectivity index (χ2v) is 5.68. The zero-order valence-electron chi connectivity index (χ0n) is 9.81. The Labute approximate surface area is 125 Å². The highest BCUT2D eigenvalue weighted by Crippen LogP contribution is 2.25. The largest absolute Gasteiger partial charge is 0.381 e. The van der Waals surface area contributed by atoms with Crippen molar-refractivity contribution in [3.63, 3.8) is 0 Å². The molecule has 0 saturated heterocycles. The van der Waals surface area contributed by atoms with Gasteiger partial charge in [-0.1, -0.05) is 35.3 Å². The molecule has 18 heavy (non-hydrogen) atoms. The number of nitrogens with one attached hydrogen (secondary N) is 1. The maximum absolute atomic E-state index is 6.08. The highest BCUT2D eigenvalue weighted by atomic mass is 79.9. The van der Waals surface area contributed by atoms with E-state index in [1.54, 1.807) is 0 Å². The zero-order chi connectivity index (χ0) is 13.1. The molecule has 0 amide bonds. The minimum absolute atomic E-state index is 0.720. The highest BCUT2D eigenvalue weighted by Gasteiger charge is 2.03. The number of anilines is 1. The summed E-state index contributed by atoms with van der Waals surface area (Å²) < 4.78 is 0.909. The fourth-order valence-electron chi connectivity index (χ4n) is 1.65. The van der Waals surface area contributed by atoms with E-state index in [1.807, 2.05) is 43.3 Å². The van der Waals surface area contributed by atoms with E-state index < -0.39 is 0 Å². The second kappa shape index (κ2) is 5.96. The summed E-state index contributed by atoms with van der Waals surface area (Å²) in [5, 5.41) is 4.86. The molecule has 0 saturated carbocycles. The average molecular weight is 345 g/mol. The maximum Gasteiger partial charge on any atom is 0.0548 e. The van der Waals surface area contributed by atoms with Gasteiger partial charge in [-0.15, -0.1) is 0 Å². The third kappa shape index (κ3) is 3.19. The molecule has 0 spiro atoms. The first kappa shape index (κ1) is 13.7. The summed E-state index contributed by atoms with van der Waals surface area (Å²) in [4.78, 5) is 0. The van der Waals surface area contributed by atoms with Gasteiger partial charge in [-0.2, -0.15) is 0 Å². The van der Waals surface area contributed by atoms with Gasteiger partial charge in [0.2, 0.25) is 0 Å². The van der Waals surface area contributed by atoms with E-state index in [1.165, 1.54) is 0 Å². The van der Waals surface area contributed by atoms with Crippen molar-refractivity contribution in [2.24, 2.45) is 0 Å². The van der Waals surface area contributed by atoms with Crippen molar-refractivity contribution in [2.45, 2.75) is 13.5 Å². The van der Waals surface area contributed by atoms with Crippen LogP contribution in [0.4, 0.5) is 5.69 Å². The zero-order valence-corrected chi connectivity index (χ0v) is 12.9. The Kier molecular flexibility index (Phi) is 4.55. The van der Waals surface area contributed by atoms with E-state index in [9.17, 15) is 0 Å². The predicted octanol–water partition coefficient (Wildman–Crippen LogP) is 5.68. The van der Waals surface area contributed by atoms with Gasteiger partial charge in [0.05, 0.1) is 5.02 Å². The lowest BCUT2D eigenvalue weighted by Gasteiger charge is -2.11. The molecular weight excluding hydrogens is 333 g/mol. The Morgan fingerprint density at radius 3 is 2.61 bits per heavy atom. The lowest BCUT2D eigenvalue weighted by Crippen LogP contribution is -2.01. The van der Waals surface area contributed by atoms with Crippen LogP contribution in [0.2, 0.25) is 10.0 Å². The SMILES string of the molecule is Cc1c(Cl)cccc1NCc1ccc(Cl)c(Br)c1. The summed E-state index contributed by atoms with van der Waals surface area (Å²) >= 11 is 15.5. The molecule has 0 bridgehead atoms. The van der Waals surface area contributed by atoms with Gasteiger partial charge in [0.15, 0.2) is 0 Å². The van der Waals surface area contributed by atoms with Crippen LogP contribution in [-0.2, 0) is 6.54 Å². The fourth-order valence-corrected chi connectivity index (χ4v) is 2.36. The summed E-state index contributed by atoms with van der Waals surface area (Å²) in [6.45, 7) is 2.74. The van der Waals surface area contributed by atoms with Crippen LogP contribution in [0.25, 0.3) is 0 Å². The van der Waals surface area contributed by atoms with Crippen LogP contribution in [0.15, 0.2) is 40.9 Å². The van der Waals surface area contributed by atoms with E-state index in [4.69, 9.17) is 23.2 Å². The monoisotopic (exact) mass is 343 g/mol. The fraction of sp³-hybridized carbons (Fsp3) is 0.143. The minimum atomic E-state index is 0.720. The molecule has 2 aromatic carbocycles. The number of rotatable bonds is 3. The number of benzene rings is 2. The smallest absolute Gasteiger partial charge is 0.0548 e. The molecule has 0 aliphatic carbocycles. The molecule has 1 N–H and O–H groups in total. The molecule has 0 aromatic heterocycles. The first-order chi connectivity index (χ1) is 8.58. The molecule has 2 rings (SSSR count). The molecule has 0 unspecified atom stereocenters. The van der Waals surface area contributed by atoms with E-state index in [2.05, 4.69) is 21.2 Å². The molecule has 0 radical (unpaired) electrons. The lowest BCUT2D eigenvalue weighted by molar-refractivity contribution is 1.14. The molecule has 94 valence electrons. The third-order valence-corrected chi connectivity index (χ3v) is 4.36.